The van der Waals surface area contributed by atoms with E-state index < -0.39 is 0 Å². The van der Waals surface area contributed by atoms with Crippen LogP contribution in [0, 0.1) is 5.92 Å². The Bertz CT molecular complexity index is 465. The molecule has 20 heavy (non-hydrogen) atoms. The Morgan fingerprint density at radius 2 is 2.10 bits per heavy atom. The van der Waals surface area contributed by atoms with Gasteiger partial charge in [0.15, 0.2) is 0 Å². The van der Waals surface area contributed by atoms with Crippen LogP contribution in [0.25, 0.3) is 0 Å². The third-order valence-corrected chi connectivity index (χ3v) is 3.26. The summed E-state index contributed by atoms with van der Waals surface area (Å²) in [6.45, 7) is 3.99. The summed E-state index contributed by atoms with van der Waals surface area (Å²) < 4.78 is 5.04. The molecule has 2 N–H and O–H groups in total. The monoisotopic (exact) mass is 276 g/mol. The van der Waals surface area contributed by atoms with Crippen LogP contribution in [0.2, 0.25) is 0 Å². The smallest absolute Gasteiger partial charge is 0.338 e. The second-order valence-electron chi connectivity index (χ2n) is 4.89. The molecule has 0 spiro atoms. The Hall–Kier alpha value is -1.88. The van der Waals surface area contributed by atoms with Gasteiger partial charge in [-0.05, 0) is 43.7 Å². The second kappa shape index (κ2) is 7.05. The highest BCUT2D eigenvalue weighted by Crippen LogP contribution is 2.14. The van der Waals surface area contributed by atoms with E-state index in [0.717, 1.165) is 25.9 Å². The standard InChI is InChI=1S/C15H20N2O3/c1-2-9-20-15(19)11-3-5-13(6-4-11)17-14(18)12-7-8-16-10-12/h3-6,12,16H,2,7-10H2,1H3,(H,17,18). The number of hydrogen-bond donors (Lipinski definition) is 2. The summed E-state index contributed by atoms with van der Waals surface area (Å²) in [5, 5.41) is 6.02. The van der Waals surface area contributed by atoms with Crippen molar-refractivity contribution in [1.29, 1.82) is 0 Å². The SMILES string of the molecule is CCCOC(=O)c1ccc(NC(=O)C2CCNC2)cc1. The summed E-state index contributed by atoms with van der Waals surface area (Å²) in [7, 11) is 0. The molecule has 1 aliphatic heterocycles. The maximum Gasteiger partial charge on any atom is 0.338 e. The van der Waals surface area contributed by atoms with Crippen LogP contribution in [0.3, 0.4) is 0 Å². The van der Waals surface area contributed by atoms with Crippen LogP contribution in [-0.4, -0.2) is 31.6 Å². The van der Waals surface area contributed by atoms with Crippen LogP contribution in [0.1, 0.15) is 30.1 Å². The molecular formula is C15H20N2O3. The molecular weight excluding hydrogens is 256 g/mol. The number of nitrogens with one attached hydrogen (secondary N) is 2. The third-order valence-electron chi connectivity index (χ3n) is 3.26. The molecule has 5 heteroatoms. The lowest BCUT2D eigenvalue weighted by Gasteiger charge is -2.10. The minimum Gasteiger partial charge on any atom is -0.462 e. The highest BCUT2D eigenvalue weighted by Gasteiger charge is 2.22. The molecule has 5 nitrogen and oxygen atoms in total. The minimum absolute atomic E-state index is 0.0244. The van der Waals surface area contributed by atoms with Crippen molar-refractivity contribution in [2.45, 2.75) is 19.8 Å². The summed E-state index contributed by atoms with van der Waals surface area (Å²) >= 11 is 0. The molecule has 1 fully saturated rings. The molecule has 1 amide bonds. The first-order valence-electron chi connectivity index (χ1n) is 6.99. The van der Waals surface area contributed by atoms with E-state index in [1.807, 2.05) is 6.92 Å². The van der Waals surface area contributed by atoms with Gasteiger partial charge in [-0.25, -0.2) is 4.79 Å². The number of carbonyl (C=O) groups excluding carboxylic acids is 2. The molecule has 1 unspecified atom stereocenters. The largest absolute Gasteiger partial charge is 0.462 e. The highest BCUT2D eigenvalue weighted by molar-refractivity contribution is 5.94. The zero-order chi connectivity index (χ0) is 14.4. The fraction of sp³-hybridized carbons (Fsp3) is 0.467. The van der Waals surface area contributed by atoms with Crippen LogP contribution in [0.15, 0.2) is 24.3 Å². The zero-order valence-electron chi connectivity index (χ0n) is 11.6. The summed E-state index contributed by atoms with van der Waals surface area (Å²) in [5.74, 6) is -0.273. The predicted octanol–water partition coefficient (Wildman–Crippen LogP) is 1.80. The van der Waals surface area contributed by atoms with Crippen molar-refractivity contribution >= 4 is 17.6 Å². The van der Waals surface area contributed by atoms with Crippen molar-refractivity contribution in [3.63, 3.8) is 0 Å². The quantitative estimate of drug-likeness (QED) is 0.805. The first kappa shape index (κ1) is 14.5. The molecule has 1 atom stereocenters. The molecule has 108 valence electrons. The molecule has 1 saturated heterocycles. The normalized spacial score (nSPS) is 17.8. The van der Waals surface area contributed by atoms with Gasteiger partial charge in [-0.1, -0.05) is 6.92 Å². The van der Waals surface area contributed by atoms with Gasteiger partial charge in [0.2, 0.25) is 5.91 Å². The molecule has 0 aliphatic carbocycles. The van der Waals surface area contributed by atoms with E-state index in [9.17, 15) is 9.59 Å². The van der Waals surface area contributed by atoms with Crippen molar-refractivity contribution in [1.82, 2.24) is 5.32 Å². The van der Waals surface area contributed by atoms with Gasteiger partial charge in [0, 0.05) is 12.2 Å². The molecule has 0 saturated carbocycles. The molecule has 0 radical (unpaired) electrons. The Kier molecular flexibility index (Phi) is 5.12. The summed E-state index contributed by atoms with van der Waals surface area (Å²) in [5.41, 5.74) is 1.20. The Morgan fingerprint density at radius 3 is 2.70 bits per heavy atom. The van der Waals surface area contributed by atoms with E-state index in [1.54, 1.807) is 24.3 Å². The fourth-order valence-corrected chi connectivity index (χ4v) is 2.09. The van der Waals surface area contributed by atoms with Gasteiger partial charge in [0.1, 0.15) is 0 Å². The van der Waals surface area contributed by atoms with E-state index in [4.69, 9.17) is 4.74 Å². The Balaban J connectivity index is 1.90. The minimum atomic E-state index is -0.329. The maximum atomic E-state index is 11.9. The van der Waals surface area contributed by atoms with Crippen molar-refractivity contribution in [3.8, 4) is 0 Å². The number of rotatable bonds is 5. The van der Waals surface area contributed by atoms with E-state index in [-0.39, 0.29) is 17.8 Å². The van der Waals surface area contributed by atoms with E-state index >= 15 is 0 Å². The van der Waals surface area contributed by atoms with Gasteiger partial charge in [-0.3, -0.25) is 4.79 Å². The fourth-order valence-electron chi connectivity index (χ4n) is 2.09. The van der Waals surface area contributed by atoms with E-state index in [1.165, 1.54) is 0 Å². The predicted molar refractivity (Wildman–Crippen MR) is 76.6 cm³/mol. The molecule has 1 heterocycles. The maximum absolute atomic E-state index is 11.9. The highest BCUT2D eigenvalue weighted by atomic mass is 16.5. The van der Waals surface area contributed by atoms with Crippen LogP contribution >= 0.6 is 0 Å². The van der Waals surface area contributed by atoms with Gasteiger partial charge < -0.3 is 15.4 Å². The van der Waals surface area contributed by atoms with E-state index in [2.05, 4.69) is 10.6 Å². The molecule has 1 aromatic carbocycles. The lowest BCUT2D eigenvalue weighted by atomic mass is 10.1. The van der Waals surface area contributed by atoms with Crippen LogP contribution in [-0.2, 0) is 9.53 Å². The van der Waals surface area contributed by atoms with Crippen LogP contribution < -0.4 is 10.6 Å². The topological polar surface area (TPSA) is 67.4 Å². The number of carbonyl (C=O) groups is 2. The first-order valence-corrected chi connectivity index (χ1v) is 6.99. The van der Waals surface area contributed by atoms with Gasteiger partial charge in [0.05, 0.1) is 18.1 Å². The average Bonchev–Trinajstić information content (AvgIpc) is 3.00. The van der Waals surface area contributed by atoms with Crippen molar-refractivity contribution in [3.05, 3.63) is 29.8 Å². The van der Waals surface area contributed by atoms with Crippen LogP contribution in [0.5, 0.6) is 0 Å². The van der Waals surface area contributed by atoms with Crippen LogP contribution in [0.4, 0.5) is 5.69 Å². The molecule has 0 bridgehead atoms. The van der Waals surface area contributed by atoms with Gasteiger partial charge >= 0.3 is 5.97 Å². The third kappa shape index (κ3) is 3.81. The van der Waals surface area contributed by atoms with Gasteiger partial charge in [-0.15, -0.1) is 0 Å². The van der Waals surface area contributed by atoms with Gasteiger partial charge in [0.25, 0.3) is 0 Å². The molecule has 1 aromatic rings. The average molecular weight is 276 g/mol. The lowest BCUT2D eigenvalue weighted by molar-refractivity contribution is -0.119. The number of amides is 1. The number of ether oxygens (including phenoxy) is 1. The molecule has 1 aliphatic rings. The van der Waals surface area contributed by atoms with Gasteiger partial charge in [-0.2, -0.15) is 0 Å². The summed E-state index contributed by atoms with van der Waals surface area (Å²) in [4.78, 5) is 23.6. The van der Waals surface area contributed by atoms with E-state index in [0.29, 0.717) is 17.9 Å². The molecule has 0 aromatic heterocycles. The van der Waals surface area contributed by atoms with Crippen molar-refractivity contribution in [2.75, 3.05) is 25.0 Å². The number of hydrogen-bond acceptors (Lipinski definition) is 4. The molecule has 2 rings (SSSR count). The first-order chi connectivity index (χ1) is 9.70. The zero-order valence-corrected chi connectivity index (χ0v) is 11.6. The Labute approximate surface area is 118 Å². The summed E-state index contributed by atoms with van der Waals surface area (Å²) in [6, 6.07) is 6.78. The lowest BCUT2D eigenvalue weighted by Crippen LogP contribution is -2.24. The van der Waals surface area contributed by atoms with Crippen molar-refractivity contribution < 1.29 is 14.3 Å². The van der Waals surface area contributed by atoms with Crippen molar-refractivity contribution in [2.24, 2.45) is 5.92 Å². The number of benzene rings is 1. The Morgan fingerprint density at radius 1 is 1.35 bits per heavy atom. The second-order valence-corrected chi connectivity index (χ2v) is 4.89. The summed E-state index contributed by atoms with van der Waals surface area (Å²) in [6.07, 6.45) is 1.67. The number of anilines is 1. The number of esters is 1.